The summed E-state index contributed by atoms with van der Waals surface area (Å²) in [5.74, 6) is 0. The van der Waals surface area contributed by atoms with E-state index in [1.807, 2.05) is 43.3 Å². The smallest absolute Gasteiger partial charge is 0.261 e. The first kappa shape index (κ1) is 25.4. The molecule has 6 nitrogen and oxygen atoms in total. The molecule has 0 aliphatic heterocycles. The molecular formula is C28H30N4O2S. The van der Waals surface area contributed by atoms with E-state index in [1.165, 1.54) is 0 Å². The Morgan fingerprint density at radius 1 is 0.743 bits per heavy atom. The summed E-state index contributed by atoms with van der Waals surface area (Å²) in [4.78, 5) is 0.241. The Morgan fingerprint density at radius 2 is 1.29 bits per heavy atom. The van der Waals surface area contributed by atoms with Crippen molar-refractivity contribution in [3.8, 4) is 0 Å². The van der Waals surface area contributed by atoms with Crippen molar-refractivity contribution in [3.63, 3.8) is 0 Å². The van der Waals surface area contributed by atoms with E-state index in [4.69, 9.17) is 5.73 Å². The third-order valence-electron chi connectivity index (χ3n) is 4.89. The average molecular weight is 487 g/mol. The fraction of sp³-hybridized carbons (Fsp3) is 0.0714. The van der Waals surface area contributed by atoms with Gasteiger partial charge < -0.3 is 16.4 Å². The lowest BCUT2D eigenvalue weighted by molar-refractivity contribution is 0.601. The van der Waals surface area contributed by atoms with Crippen LogP contribution >= 0.6 is 0 Å². The molecule has 0 heterocycles. The molecule has 0 unspecified atom stereocenters. The number of nitrogen functional groups attached to an aromatic ring is 1. The van der Waals surface area contributed by atoms with Crippen LogP contribution < -0.4 is 21.1 Å². The molecule has 0 saturated heterocycles. The van der Waals surface area contributed by atoms with Gasteiger partial charge in [-0.2, -0.15) is 0 Å². The standard InChI is InChI=1S/C15H16N2.C13H14N2O2S/c1-2-12-16-13-8-10-15(11-9-13)17-14-6-4-3-5-7-14;1-10-2-8-13(9-3-10)18(16,17)15-12-6-4-11(14)5-7-12/h2-11,16-17H,1,12H2;2-9,15H,14H2,1H3. The van der Waals surface area contributed by atoms with Gasteiger partial charge in [-0.05, 0) is 79.7 Å². The van der Waals surface area contributed by atoms with E-state index in [-0.39, 0.29) is 4.90 Å². The van der Waals surface area contributed by atoms with E-state index in [1.54, 1.807) is 48.5 Å². The summed E-state index contributed by atoms with van der Waals surface area (Å²) in [6, 6.07) is 31.6. The maximum absolute atomic E-state index is 12.1. The highest BCUT2D eigenvalue weighted by Gasteiger charge is 2.13. The predicted molar refractivity (Wildman–Crippen MR) is 148 cm³/mol. The number of hydrogen-bond donors (Lipinski definition) is 4. The molecule has 0 bridgehead atoms. The number of aryl methyl sites for hydroxylation is 1. The lowest BCUT2D eigenvalue weighted by atomic mass is 10.2. The molecule has 0 radical (unpaired) electrons. The van der Waals surface area contributed by atoms with E-state index < -0.39 is 10.0 Å². The molecule has 0 atom stereocenters. The van der Waals surface area contributed by atoms with Crippen LogP contribution in [-0.2, 0) is 10.0 Å². The summed E-state index contributed by atoms with van der Waals surface area (Å²) >= 11 is 0. The van der Waals surface area contributed by atoms with Gasteiger partial charge in [-0.1, -0.05) is 42.0 Å². The highest BCUT2D eigenvalue weighted by atomic mass is 32.2. The molecule has 0 aliphatic carbocycles. The molecule has 0 spiro atoms. The monoisotopic (exact) mass is 486 g/mol. The normalized spacial score (nSPS) is 10.4. The second kappa shape index (κ2) is 12.3. The summed E-state index contributed by atoms with van der Waals surface area (Å²) in [5, 5.41) is 6.58. The third kappa shape index (κ3) is 8.24. The van der Waals surface area contributed by atoms with E-state index in [2.05, 4.69) is 46.2 Å². The third-order valence-corrected chi connectivity index (χ3v) is 6.29. The predicted octanol–water partition coefficient (Wildman–Crippen LogP) is 6.41. The van der Waals surface area contributed by atoms with Crippen LogP contribution in [0.1, 0.15) is 5.56 Å². The first-order valence-electron chi connectivity index (χ1n) is 11.1. The number of nitrogens with one attached hydrogen (secondary N) is 3. The van der Waals surface area contributed by atoms with Crippen molar-refractivity contribution in [1.29, 1.82) is 0 Å². The van der Waals surface area contributed by atoms with Crippen molar-refractivity contribution < 1.29 is 8.42 Å². The number of para-hydroxylation sites is 1. The average Bonchev–Trinajstić information content (AvgIpc) is 2.86. The Bertz CT molecular complexity index is 1300. The number of benzene rings is 4. The SMILES string of the molecule is C=CCNc1ccc(Nc2ccccc2)cc1.Cc1ccc(S(=O)(=O)Nc2ccc(N)cc2)cc1. The highest BCUT2D eigenvalue weighted by Crippen LogP contribution is 2.19. The molecule has 0 fully saturated rings. The van der Waals surface area contributed by atoms with Crippen LogP contribution in [0.2, 0.25) is 0 Å². The molecular weight excluding hydrogens is 456 g/mol. The zero-order chi connectivity index (χ0) is 25.1. The van der Waals surface area contributed by atoms with E-state index in [0.29, 0.717) is 11.4 Å². The van der Waals surface area contributed by atoms with Crippen LogP contribution in [0.5, 0.6) is 0 Å². The summed E-state index contributed by atoms with van der Waals surface area (Å²) in [6.45, 7) is 6.36. The van der Waals surface area contributed by atoms with Crippen LogP contribution in [0.3, 0.4) is 0 Å². The van der Waals surface area contributed by atoms with Crippen molar-refractivity contribution in [2.24, 2.45) is 0 Å². The van der Waals surface area contributed by atoms with Crippen LogP contribution in [0.25, 0.3) is 0 Å². The topological polar surface area (TPSA) is 96.2 Å². The maximum Gasteiger partial charge on any atom is 0.261 e. The van der Waals surface area contributed by atoms with Crippen LogP contribution in [0, 0.1) is 6.92 Å². The minimum atomic E-state index is -3.53. The van der Waals surface area contributed by atoms with E-state index in [0.717, 1.165) is 29.2 Å². The van der Waals surface area contributed by atoms with Crippen molar-refractivity contribution in [3.05, 3.63) is 121 Å². The molecule has 0 amide bonds. The first-order valence-corrected chi connectivity index (χ1v) is 12.6. The summed E-state index contributed by atoms with van der Waals surface area (Å²) in [7, 11) is -3.53. The largest absolute Gasteiger partial charge is 0.399 e. The quantitative estimate of drug-likeness (QED) is 0.171. The molecule has 5 N–H and O–H groups in total. The Morgan fingerprint density at radius 3 is 1.89 bits per heavy atom. The minimum Gasteiger partial charge on any atom is -0.399 e. The number of anilines is 5. The Hall–Kier alpha value is -4.23. The van der Waals surface area contributed by atoms with Crippen LogP contribution in [0.4, 0.5) is 28.4 Å². The second-order valence-corrected chi connectivity index (χ2v) is 9.46. The van der Waals surface area contributed by atoms with Gasteiger partial charge in [-0.25, -0.2) is 8.42 Å². The second-order valence-electron chi connectivity index (χ2n) is 7.78. The van der Waals surface area contributed by atoms with Gasteiger partial charge in [0.05, 0.1) is 4.90 Å². The van der Waals surface area contributed by atoms with Gasteiger partial charge in [0.2, 0.25) is 0 Å². The molecule has 0 aliphatic rings. The fourth-order valence-corrected chi connectivity index (χ4v) is 4.09. The zero-order valence-electron chi connectivity index (χ0n) is 19.6. The van der Waals surface area contributed by atoms with Crippen molar-refractivity contribution in [1.82, 2.24) is 0 Å². The Kier molecular flexibility index (Phi) is 8.92. The van der Waals surface area contributed by atoms with Crippen molar-refractivity contribution >= 4 is 38.5 Å². The minimum absolute atomic E-state index is 0.241. The van der Waals surface area contributed by atoms with E-state index >= 15 is 0 Å². The van der Waals surface area contributed by atoms with Gasteiger partial charge in [-0.15, -0.1) is 6.58 Å². The lowest BCUT2D eigenvalue weighted by Crippen LogP contribution is -2.12. The first-order chi connectivity index (χ1) is 16.9. The van der Waals surface area contributed by atoms with Gasteiger partial charge in [0.15, 0.2) is 0 Å². The molecule has 4 aromatic carbocycles. The Balaban J connectivity index is 0.000000196. The van der Waals surface area contributed by atoms with Gasteiger partial charge in [0.1, 0.15) is 0 Å². The van der Waals surface area contributed by atoms with Crippen molar-refractivity contribution in [2.45, 2.75) is 11.8 Å². The number of rotatable bonds is 8. The van der Waals surface area contributed by atoms with Crippen molar-refractivity contribution in [2.75, 3.05) is 27.6 Å². The van der Waals surface area contributed by atoms with Gasteiger partial charge in [-0.3, -0.25) is 4.72 Å². The molecule has 4 rings (SSSR count). The Labute approximate surface area is 207 Å². The van der Waals surface area contributed by atoms with E-state index in [9.17, 15) is 8.42 Å². The van der Waals surface area contributed by atoms with Gasteiger partial charge >= 0.3 is 0 Å². The zero-order valence-corrected chi connectivity index (χ0v) is 20.4. The summed E-state index contributed by atoms with van der Waals surface area (Å²) in [5.41, 5.74) is 10.9. The number of hydrogen-bond acceptors (Lipinski definition) is 5. The molecule has 0 aromatic heterocycles. The van der Waals surface area contributed by atoms with Crippen LogP contribution in [-0.4, -0.2) is 15.0 Å². The molecule has 4 aromatic rings. The molecule has 180 valence electrons. The molecule has 0 saturated carbocycles. The van der Waals surface area contributed by atoms with Gasteiger partial charge in [0, 0.05) is 35.0 Å². The maximum atomic E-state index is 12.1. The fourth-order valence-electron chi connectivity index (χ4n) is 3.03. The van der Waals surface area contributed by atoms with Crippen LogP contribution in [0.15, 0.2) is 121 Å². The summed E-state index contributed by atoms with van der Waals surface area (Å²) in [6.07, 6.45) is 1.84. The number of nitrogens with two attached hydrogens (primary N) is 1. The highest BCUT2D eigenvalue weighted by molar-refractivity contribution is 7.92. The molecule has 35 heavy (non-hydrogen) atoms. The lowest BCUT2D eigenvalue weighted by Gasteiger charge is -2.08. The number of sulfonamides is 1. The summed E-state index contributed by atoms with van der Waals surface area (Å²) < 4.78 is 26.6. The van der Waals surface area contributed by atoms with Gasteiger partial charge in [0.25, 0.3) is 10.0 Å². The molecule has 7 heteroatoms.